The Morgan fingerprint density at radius 3 is 2.43 bits per heavy atom. The highest BCUT2D eigenvalue weighted by molar-refractivity contribution is 5.93. The van der Waals surface area contributed by atoms with E-state index in [1.165, 1.54) is 42.2 Å². The van der Waals surface area contributed by atoms with E-state index in [1.54, 1.807) is 0 Å². The first-order chi connectivity index (χ1) is 14.2. The lowest BCUT2D eigenvalue weighted by Gasteiger charge is -2.31. The Balaban J connectivity index is 1.46. The summed E-state index contributed by atoms with van der Waals surface area (Å²) in [6.07, 6.45) is -3.67. The first-order valence-corrected chi connectivity index (χ1v) is 9.37. The van der Waals surface area contributed by atoms with Gasteiger partial charge in [0.1, 0.15) is 23.4 Å². The lowest BCUT2D eigenvalue weighted by atomic mass is 10.1. The van der Waals surface area contributed by atoms with Crippen molar-refractivity contribution in [1.29, 1.82) is 0 Å². The average molecular weight is 422 g/mol. The molecular formula is C20H18F4N4O2. The molecule has 4 rings (SSSR count). The number of benzene rings is 1. The molecule has 0 spiro atoms. The van der Waals surface area contributed by atoms with Crippen LogP contribution in [0.1, 0.15) is 34.7 Å². The minimum absolute atomic E-state index is 0.0276. The number of nitrogens with zero attached hydrogens (tertiary/aromatic N) is 4. The summed E-state index contributed by atoms with van der Waals surface area (Å²) in [7, 11) is 0. The molecule has 0 atom stereocenters. The van der Waals surface area contributed by atoms with E-state index in [0.717, 1.165) is 6.07 Å². The van der Waals surface area contributed by atoms with Gasteiger partial charge in [0.2, 0.25) is 0 Å². The van der Waals surface area contributed by atoms with Gasteiger partial charge in [0.25, 0.3) is 5.91 Å². The SMILES string of the molecule is Cc1cc(C(F)(F)F)n2nc(C(=O)N3CCC(Oc4ccc(F)cc4)CC3)cc2n1. The molecule has 1 fully saturated rings. The van der Waals surface area contributed by atoms with E-state index in [9.17, 15) is 22.4 Å². The molecule has 3 aromatic rings. The zero-order valence-electron chi connectivity index (χ0n) is 16.0. The monoisotopic (exact) mass is 422 g/mol. The molecule has 6 nitrogen and oxygen atoms in total. The third-order valence-electron chi connectivity index (χ3n) is 4.91. The van der Waals surface area contributed by atoms with E-state index < -0.39 is 17.8 Å². The Labute approximate surface area is 169 Å². The largest absolute Gasteiger partial charge is 0.490 e. The van der Waals surface area contributed by atoms with Crippen molar-refractivity contribution in [1.82, 2.24) is 19.5 Å². The quantitative estimate of drug-likeness (QED) is 0.601. The number of piperidine rings is 1. The highest BCUT2D eigenvalue weighted by Crippen LogP contribution is 2.30. The van der Waals surface area contributed by atoms with E-state index >= 15 is 0 Å². The van der Waals surface area contributed by atoms with Crippen molar-refractivity contribution in [2.75, 3.05) is 13.1 Å². The van der Waals surface area contributed by atoms with Gasteiger partial charge in [-0.15, -0.1) is 0 Å². The number of likely N-dealkylation sites (tertiary alicyclic amines) is 1. The Morgan fingerprint density at radius 1 is 1.13 bits per heavy atom. The van der Waals surface area contributed by atoms with Gasteiger partial charge in [-0.05, 0) is 37.3 Å². The van der Waals surface area contributed by atoms with Gasteiger partial charge in [-0.3, -0.25) is 4.79 Å². The fourth-order valence-electron chi connectivity index (χ4n) is 3.45. The second-order valence-corrected chi connectivity index (χ2v) is 7.14. The number of carbonyl (C=O) groups excluding carboxylic acids is 1. The van der Waals surface area contributed by atoms with Crippen LogP contribution in [0.2, 0.25) is 0 Å². The predicted molar refractivity (Wildman–Crippen MR) is 98.7 cm³/mol. The number of aryl methyl sites for hydroxylation is 1. The van der Waals surface area contributed by atoms with Gasteiger partial charge < -0.3 is 9.64 Å². The molecule has 0 radical (unpaired) electrons. The average Bonchev–Trinajstić information content (AvgIpc) is 3.12. The molecule has 1 aromatic carbocycles. The molecule has 10 heteroatoms. The summed E-state index contributed by atoms with van der Waals surface area (Å²) >= 11 is 0. The minimum Gasteiger partial charge on any atom is -0.490 e. The molecular weight excluding hydrogens is 404 g/mol. The number of fused-ring (bicyclic) bond motifs is 1. The third kappa shape index (κ3) is 4.07. The van der Waals surface area contributed by atoms with Crippen LogP contribution in [0.25, 0.3) is 5.65 Å². The number of aromatic nitrogens is 3. The summed E-state index contributed by atoms with van der Waals surface area (Å²) in [5.74, 6) is -0.261. The molecule has 1 aliphatic heterocycles. The van der Waals surface area contributed by atoms with Crippen molar-refractivity contribution >= 4 is 11.6 Å². The van der Waals surface area contributed by atoms with Crippen molar-refractivity contribution in [2.45, 2.75) is 32.0 Å². The molecule has 0 N–H and O–H groups in total. The van der Waals surface area contributed by atoms with E-state index in [0.29, 0.717) is 36.2 Å². The number of alkyl halides is 3. The molecule has 1 aliphatic rings. The topological polar surface area (TPSA) is 59.7 Å². The maximum absolute atomic E-state index is 13.3. The molecule has 1 amide bonds. The van der Waals surface area contributed by atoms with Gasteiger partial charge in [-0.1, -0.05) is 0 Å². The number of hydrogen-bond acceptors (Lipinski definition) is 4. The number of rotatable bonds is 3. The van der Waals surface area contributed by atoms with Crippen LogP contribution in [-0.2, 0) is 6.18 Å². The zero-order chi connectivity index (χ0) is 21.5. The van der Waals surface area contributed by atoms with Crippen LogP contribution in [0.15, 0.2) is 36.4 Å². The van der Waals surface area contributed by atoms with E-state index in [2.05, 4.69) is 10.1 Å². The lowest BCUT2D eigenvalue weighted by molar-refractivity contribution is -0.142. The summed E-state index contributed by atoms with van der Waals surface area (Å²) in [6.45, 7) is 2.20. The van der Waals surface area contributed by atoms with Gasteiger partial charge in [-0.2, -0.15) is 18.3 Å². The fourth-order valence-corrected chi connectivity index (χ4v) is 3.45. The summed E-state index contributed by atoms with van der Waals surface area (Å²) < 4.78 is 59.3. The van der Waals surface area contributed by atoms with Crippen LogP contribution in [0.4, 0.5) is 17.6 Å². The summed E-state index contributed by atoms with van der Waals surface area (Å²) in [6, 6.07) is 7.86. The maximum Gasteiger partial charge on any atom is 0.433 e. The number of amides is 1. The second kappa shape index (κ2) is 7.58. The van der Waals surface area contributed by atoms with Crippen LogP contribution < -0.4 is 4.74 Å². The van der Waals surface area contributed by atoms with Crippen LogP contribution in [-0.4, -0.2) is 44.6 Å². The predicted octanol–water partition coefficient (Wildman–Crippen LogP) is 3.88. The van der Waals surface area contributed by atoms with Crippen molar-refractivity contribution in [3.8, 4) is 5.75 Å². The Morgan fingerprint density at radius 2 is 1.80 bits per heavy atom. The lowest BCUT2D eigenvalue weighted by Crippen LogP contribution is -2.42. The standard InChI is InChI=1S/C20H18F4N4O2/c1-12-10-17(20(22,23)24)28-18(25-12)11-16(26-28)19(29)27-8-6-15(7-9-27)30-14-4-2-13(21)3-5-14/h2-5,10-11,15H,6-9H2,1H3. The number of ether oxygens (including phenoxy) is 1. The maximum atomic E-state index is 13.3. The molecule has 158 valence electrons. The van der Waals surface area contributed by atoms with Gasteiger partial charge >= 0.3 is 6.18 Å². The summed E-state index contributed by atoms with van der Waals surface area (Å²) in [5, 5.41) is 3.87. The minimum atomic E-state index is -4.62. The van der Waals surface area contributed by atoms with Crippen molar-refractivity contribution in [3.05, 3.63) is 59.3 Å². The van der Waals surface area contributed by atoms with Gasteiger partial charge in [0, 0.05) is 37.7 Å². The second-order valence-electron chi connectivity index (χ2n) is 7.14. The van der Waals surface area contributed by atoms with E-state index in [-0.39, 0.29) is 29.0 Å². The van der Waals surface area contributed by atoms with Gasteiger partial charge in [0.15, 0.2) is 11.3 Å². The number of halogens is 4. The van der Waals surface area contributed by atoms with Crippen LogP contribution in [0.5, 0.6) is 5.75 Å². The highest BCUT2D eigenvalue weighted by Gasteiger charge is 2.35. The van der Waals surface area contributed by atoms with Crippen molar-refractivity contribution < 1.29 is 27.1 Å². The Bertz CT molecular complexity index is 1070. The molecule has 0 aliphatic carbocycles. The normalized spacial score (nSPS) is 15.6. The molecule has 0 saturated carbocycles. The van der Waals surface area contributed by atoms with Crippen LogP contribution in [0.3, 0.4) is 0 Å². The van der Waals surface area contributed by atoms with Crippen LogP contribution in [0, 0.1) is 12.7 Å². The smallest absolute Gasteiger partial charge is 0.433 e. The van der Waals surface area contributed by atoms with Gasteiger partial charge in [-0.25, -0.2) is 13.9 Å². The van der Waals surface area contributed by atoms with Crippen molar-refractivity contribution in [3.63, 3.8) is 0 Å². The molecule has 2 aromatic heterocycles. The summed E-state index contributed by atoms with van der Waals surface area (Å²) in [4.78, 5) is 18.4. The fraction of sp³-hybridized carbons (Fsp3) is 0.350. The molecule has 30 heavy (non-hydrogen) atoms. The molecule has 1 saturated heterocycles. The Hall–Kier alpha value is -3.17. The van der Waals surface area contributed by atoms with Crippen molar-refractivity contribution in [2.24, 2.45) is 0 Å². The molecule has 0 bridgehead atoms. The zero-order valence-corrected chi connectivity index (χ0v) is 16.0. The molecule has 0 unspecified atom stereocenters. The highest BCUT2D eigenvalue weighted by atomic mass is 19.4. The summed E-state index contributed by atoms with van der Waals surface area (Å²) in [5.41, 5.74) is -0.903. The molecule has 3 heterocycles. The number of hydrogen-bond donors (Lipinski definition) is 0. The third-order valence-corrected chi connectivity index (χ3v) is 4.91. The van der Waals surface area contributed by atoms with Crippen LogP contribution >= 0.6 is 0 Å². The number of carbonyl (C=O) groups is 1. The first kappa shape index (κ1) is 20.1. The Kier molecular flexibility index (Phi) is 5.08. The van der Waals surface area contributed by atoms with E-state index in [4.69, 9.17) is 4.74 Å². The van der Waals surface area contributed by atoms with Gasteiger partial charge in [0.05, 0.1) is 0 Å². The first-order valence-electron chi connectivity index (χ1n) is 9.37. The van der Waals surface area contributed by atoms with E-state index in [1.807, 2.05) is 0 Å².